The molecule has 2 aromatic rings. The van der Waals surface area contributed by atoms with Crippen molar-refractivity contribution in [2.75, 3.05) is 11.9 Å². The minimum absolute atomic E-state index is 0.239. The minimum Gasteiger partial charge on any atom is -0.384 e. The van der Waals surface area contributed by atoms with Gasteiger partial charge in [0.25, 0.3) is 5.91 Å². The molecule has 0 spiro atoms. The molecule has 0 bridgehead atoms. The predicted octanol–water partition coefficient (Wildman–Crippen LogP) is 2.29. The second-order valence-electron chi connectivity index (χ2n) is 4.65. The monoisotopic (exact) mass is 280 g/mol. The highest BCUT2D eigenvalue weighted by Crippen LogP contribution is 2.14. The molecule has 0 fully saturated rings. The number of aliphatic hydroxyl groups excluding tert-OH is 1. The van der Waals surface area contributed by atoms with E-state index >= 15 is 0 Å². The molecule has 2 N–H and O–H groups in total. The summed E-state index contributed by atoms with van der Waals surface area (Å²) in [5.41, 5.74) is 3.60. The number of benzene rings is 1. The number of pyridine rings is 1. The van der Waals surface area contributed by atoms with Crippen LogP contribution in [0.25, 0.3) is 0 Å². The van der Waals surface area contributed by atoms with Gasteiger partial charge in [0.05, 0.1) is 17.4 Å². The van der Waals surface area contributed by atoms with Crippen molar-refractivity contribution in [1.29, 1.82) is 0 Å². The first-order valence-corrected chi connectivity index (χ1v) is 6.54. The fraction of sp³-hybridized carbons (Fsp3) is 0.176. The number of hydrogen-bond donors (Lipinski definition) is 2. The summed E-state index contributed by atoms with van der Waals surface area (Å²) in [6.45, 7) is 3.57. The Morgan fingerprint density at radius 1 is 1.29 bits per heavy atom. The van der Waals surface area contributed by atoms with Gasteiger partial charge in [-0.3, -0.25) is 9.78 Å². The van der Waals surface area contributed by atoms with E-state index in [2.05, 4.69) is 22.1 Å². The van der Waals surface area contributed by atoms with Crippen LogP contribution in [0.3, 0.4) is 0 Å². The Labute approximate surface area is 123 Å². The SMILES string of the molecule is Cc1ccc(C(=O)Nc2ccc(C)nc2)c(C#CCO)c1. The van der Waals surface area contributed by atoms with Gasteiger partial charge in [-0.2, -0.15) is 0 Å². The van der Waals surface area contributed by atoms with Crippen molar-refractivity contribution < 1.29 is 9.90 Å². The minimum atomic E-state index is -0.247. The van der Waals surface area contributed by atoms with Gasteiger partial charge in [-0.15, -0.1) is 0 Å². The largest absolute Gasteiger partial charge is 0.384 e. The summed E-state index contributed by atoms with van der Waals surface area (Å²) in [6.07, 6.45) is 1.61. The molecule has 21 heavy (non-hydrogen) atoms. The number of anilines is 1. The topological polar surface area (TPSA) is 62.2 Å². The number of amides is 1. The summed E-state index contributed by atoms with van der Waals surface area (Å²) in [6, 6.07) is 9.04. The zero-order valence-electron chi connectivity index (χ0n) is 12.0. The molecule has 106 valence electrons. The van der Waals surface area contributed by atoms with Crippen LogP contribution in [0.1, 0.15) is 27.2 Å². The number of aromatic nitrogens is 1. The summed E-state index contributed by atoms with van der Waals surface area (Å²) >= 11 is 0. The third-order valence-electron chi connectivity index (χ3n) is 2.89. The van der Waals surface area contributed by atoms with Crippen LogP contribution in [0.2, 0.25) is 0 Å². The van der Waals surface area contributed by atoms with Crippen LogP contribution in [0.5, 0.6) is 0 Å². The van der Waals surface area contributed by atoms with Crippen molar-refractivity contribution in [2.24, 2.45) is 0 Å². The first-order valence-electron chi connectivity index (χ1n) is 6.54. The number of nitrogens with zero attached hydrogens (tertiary/aromatic N) is 1. The van der Waals surface area contributed by atoms with Crippen LogP contribution >= 0.6 is 0 Å². The average molecular weight is 280 g/mol. The van der Waals surface area contributed by atoms with Crippen LogP contribution in [0.4, 0.5) is 5.69 Å². The lowest BCUT2D eigenvalue weighted by Gasteiger charge is -2.08. The molecule has 2 rings (SSSR count). The highest BCUT2D eigenvalue weighted by atomic mass is 16.2. The quantitative estimate of drug-likeness (QED) is 0.830. The number of carbonyl (C=O) groups is 1. The van der Waals surface area contributed by atoms with Crippen LogP contribution in [0, 0.1) is 25.7 Å². The molecule has 4 nitrogen and oxygen atoms in total. The molecule has 1 aromatic carbocycles. The molecule has 0 aliphatic heterocycles. The first kappa shape index (κ1) is 14.8. The number of carbonyl (C=O) groups excluding carboxylic acids is 1. The fourth-order valence-electron chi connectivity index (χ4n) is 1.83. The van der Waals surface area contributed by atoms with Gasteiger partial charge in [0.15, 0.2) is 0 Å². The highest BCUT2D eigenvalue weighted by Gasteiger charge is 2.10. The predicted molar refractivity (Wildman–Crippen MR) is 82.1 cm³/mol. The second-order valence-corrected chi connectivity index (χ2v) is 4.65. The number of aryl methyl sites for hydroxylation is 2. The van der Waals surface area contributed by atoms with E-state index in [0.717, 1.165) is 11.3 Å². The maximum Gasteiger partial charge on any atom is 0.256 e. The van der Waals surface area contributed by atoms with Crippen LogP contribution in [0.15, 0.2) is 36.5 Å². The summed E-state index contributed by atoms with van der Waals surface area (Å²) in [5.74, 6) is 5.13. The normalized spacial score (nSPS) is 9.67. The highest BCUT2D eigenvalue weighted by molar-refractivity contribution is 6.06. The summed E-state index contributed by atoms with van der Waals surface area (Å²) in [5, 5.41) is 11.6. The van der Waals surface area contributed by atoms with E-state index in [1.54, 1.807) is 18.3 Å². The molecule has 0 atom stereocenters. The molecule has 0 aliphatic rings. The third kappa shape index (κ3) is 3.91. The van der Waals surface area contributed by atoms with Crippen molar-refractivity contribution in [2.45, 2.75) is 13.8 Å². The molecule has 0 saturated carbocycles. The zero-order chi connectivity index (χ0) is 15.2. The van der Waals surface area contributed by atoms with Crippen LogP contribution in [-0.2, 0) is 0 Å². The van der Waals surface area contributed by atoms with Gasteiger partial charge >= 0.3 is 0 Å². The lowest BCUT2D eigenvalue weighted by atomic mass is 10.0. The molecule has 0 aliphatic carbocycles. The van der Waals surface area contributed by atoms with Crippen molar-refractivity contribution in [3.8, 4) is 11.8 Å². The Kier molecular flexibility index (Phi) is 4.70. The van der Waals surface area contributed by atoms with E-state index < -0.39 is 0 Å². The lowest BCUT2D eigenvalue weighted by molar-refractivity contribution is 0.102. The van der Waals surface area contributed by atoms with Gasteiger partial charge in [0, 0.05) is 11.3 Å². The Hall–Kier alpha value is -2.64. The molecule has 0 radical (unpaired) electrons. The zero-order valence-corrected chi connectivity index (χ0v) is 12.0. The van der Waals surface area contributed by atoms with E-state index in [4.69, 9.17) is 5.11 Å². The Morgan fingerprint density at radius 3 is 2.76 bits per heavy atom. The van der Waals surface area contributed by atoms with Gasteiger partial charge in [0.2, 0.25) is 0 Å². The van der Waals surface area contributed by atoms with Gasteiger partial charge in [-0.05, 0) is 43.7 Å². The Balaban J connectivity index is 2.28. The molecular weight excluding hydrogens is 264 g/mol. The average Bonchev–Trinajstić information content (AvgIpc) is 2.47. The van der Waals surface area contributed by atoms with Crippen molar-refractivity contribution in [3.05, 3.63) is 58.9 Å². The molecule has 1 heterocycles. The number of nitrogens with one attached hydrogen (secondary N) is 1. The maximum absolute atomic E-state index is 12.3. The van der Waals surface area contributed by atoms with Crippen LogP contribution < -0.4 is 5.32 Å². The summed E-state index contributed by atoms with van der Waals surface area (Å²) in [4.78, 5) is 16.5. The smallest absolute Gasteiger partial charge is 0.256 e. The van der Waals surface area contributed by atoms with Gasteiger partial charge in [0.1, 0.15) is 6.61 Å². The Bertz CT molecular complexity index is 710. The fourth-order valence-corrected chi connectivity index (χ4v) is 1.83. The molecule has 0 saturated heterocycles. The lowest BCUT2D eigenvalue weighted by Crippen LogP contribution is -2.14. The number of aliphatic hydroxyl groups is 1. The van der Waals surface area contributed by atoms with Crippen molar-refractivity contribution in [1.82, 2.24) is 4.98 Å². The van der Waals surface area contributed by atoms with Crippen LogP contribution in [-0.4, -0.2) is 22.6 Å². The number of rotatable bonds is 2. The standard InChI is InChI=1S/C17H16N2O2/c1-12-5-8-16(14(10-12)4-3-9-20)17(21)19-15-7-6-13(2)18-11-15/h5-8,10-11,20H,9H2,1-2H3,(H,19,21). The molecule has 1 amide bonds. The van der Waals surface area contributed by atoms with E-state index in [-0.39, 0.29) is 12.5 Å². The van der Waals surface area contributed by atoms with Crippen molar-refractivity contribution >= 4 is 11.6 Å². The molecule has 1 aromatic heterocycles. The first-order chi connectivity index (χ1) is 10.1. The summed E-state index contributed by atoms with van der Waals surface area (Å²) < 4.78 is 0. The van der Waals surface area contributed by atoms with E-state index in [1.165, 1.54) is 0 Å². The number of hydrogen-bond acceptors (Lipinski definition) is 3. The Morgan fingerprint density at radius 2 is 2.10 bits per heavy atom. The molecular formula is C17H16N2O2. The molecule has 4 heteroatoms. The maximum atomic E-state index is 12.3. The third-order valence-corrected chi connectivity index (χ3v) is 2.89. The van der Waals surface area contributed by atoms with Gasteiger partial charge in [-0.1, -0.05) is 17.9 Å². The molecule has 0 unspecified atom stereocenters. The second kappa shape index (κ2) is 6.69. The van der Waals surface area contributed by atoms with Crippen molar-refractivity contribution in [3.63, 3.8) is 0 Å². The van der Waals surface area contributed by atoms with Gasteiger partial charge < -0.3 is 10.4 Å². The van der Waals surface area contributed by atoms with E-state index in [1.807, 2.05) is 32.0 Å². The van der Waals surface area contributed by atoms with Gasteiger partial charge in [-0.25, -0.2) is 0 Å². The van der Waals surface area contributed by atoms with E-state index in [9.17, 15) is 4.79 Å². The van der Waals surface area contributed by atoms with E-state index in [0.29, 0.717) is 16.8 Å². The summed E-state index contributed by atoms with van der Waals surface area (Å²) in [7, 11) is 0.